The molecule has 0 bridgehead atoms. The van der Waals surface area contributed by atoms with Crippen LogP contribution >= 0.6 is 11.3 Å². The zero-order chi connectivity index (χ0) is 17.8. The van der Waals surface area contributed by atoms with Gasteiger partial charge >= 0.3 is 0 Å². The molecule has 0 saturated carbocycles. The Morgan fingerprint density at radius 2 is 2.20 bits per heavy atom. The molecule has 1 aliphatic rings. The predicted molar refractivity (Wildman–Crippen MR) is 98.0 cm³/mol. The normalized spacial score (nSPS) is 18.6. The summed E-state index contributed by atoms with van der Waals surface area (Å²) in [7, 11) is 1.65. The van der Waals surface area contributed by atoms with Gasteiger partial charge < -0.3 is 20.1 Å². The van der Waals surface area contributed by atoms with Crippen molar-refractivity contribution >= 4 is 17.2 Å². The summed E-state index contributed by atoms with van der Waals surface area (Å²) in [6.07, 6.45) is 0. The molecule has 2 atom stereocenters. The number of carbonyl (C=O) groups excluding carboxylic acids is 1. The highest BCUT2D eigenvalue weighted by molar-refractivity contribution is 7.15. The molecule has 2 aromatic rings. The Kier molecular flexibility index (Phi) is 5.67. The number of ether oxygens (including phenoxy) is 2. The summed E-state index contributed by atoms with van der Waals surface area (Å²) < 4.78 is 10.5. The summed E-state index contributed by atoms with van der Waals surface area (Å²) in [5, 5.41) is 7.17. The van der Waals surface area contributed by atoms with Crippen molar-refractivity contribution in [3.63, 3.8) is 0 Å². The molecule has 1 aromatic carbocycles. The number of hydrogen-bond donors (Lipinski definition) is 2. The maximum absolute atomic E-state index is 12.4. The number of rotatable bonds is 5. The molecule has 134 valence electrons. The van der Waals surface area contributed by atoms with Gasteiger partial charge in [-0.2, -0.15) is 0 Å². The maximum atomic E-state index is 12.4. The molecule has 7 heteroatoms. The van der Waals surface area contributed by atoms with Gasteiger partial charge in [0.2, 0.25) is 5.91 Å². The zero-order valence-corrected chi connectivity index (χ0v) is 15.5. The third-order valence-corrected chi connectivity index (χ3v) is 5.55. The third-order valence-electron chi connectivity index (χ3n) is 4.16. The Bertz CT molecular complexity index is 724. The van der Waals surface area contributed by atoms with Gasteiger partial charge in [-0.1, -0.05) is 0 Å². The molecule has 0 spiro atoms. The topological polar surface area (TPSA) is 72.5 Å². The van der Waals surface area contributed by atoms with Crippen molar-refractivity contribution in [3.05, 3.63) is 34.8 Å². The molecule has 1 amide bonds. The van der Waals surface area contributed by atoms with E-state index in [1.54, 1.807) is 18.4 Å². The molecule has 1 aliphatic heterocycles. The van der Waals surface area contributed by atoms with E-state index in [1.165, 1.54) is 0 Å². The van der Waals surface area contributed by atoms with Gasteiger partial charge in [0, 0.05) is 12.1 Å². The van der Waals surface area contributed by atoms with E-state index in [0.717, 1.165) is 26.9 Å². The maximum Gasteiger partial charge on any atom is 0.240 e. The Hall–Kier alpha value is -1.96. The highest BCUT2D eigenvalue weighted by Crippen LogP contribution is 2.32. The summed E-state index contributed by atoms with van der Waals surface area (Å²) >= 11 is 1.60. The SMILES string of the molecule is COc1ccc(-c2nc(C)c(C(C)NC(=O)C3COCCN3)s2)cc1. The highest BCUT2D eigenvalue weighted by atomic mass is 32.1. The van der Waals surface area contributed by atoms with Crippen LogP contribution in [0.3, 0.4) is 0 Å². The summed E-state index contributed by atoms with van der Waals surface area (Å²) in [5.74, 6) is 0.783. The van der Waals surface area contributed by atoms with Crippen LogP contribution in [0.1, 0.15) is 23.5 Å². The fourth-order valence-electron chi connectivity index (χ4n) is 2.78. The lowest BCUT2D eigenvalue weighted by atomic mass is 10.2. The Labute approximate surface area is 151 Å². The second-order valence-electron chi connectivity index (χ2n) is 6.01. The monoisotopic (exact) mass is 361 g/mol. The first-order chi connectivity index (χ1) is 12.1. The van der Waals surface area contributed by atoms with Gasteiger partial charge in [0.15, 0.2) is 0 Å². The number of amides is 1. The van der Waals surface area contributed by atoms with Crippen LogP contribution in [-0.4, -0.2) is 43.8 Å². The van der Waals surface area contributed by atoms with Gasteiger partial charge in [-0.25, -0.2) is 4.98 Å². The molecule has 2 unspecified atom stereocenters. The number of carbonyl (C=O) groups is 1. The first kappa shape index (κ1) is 17.8. The lowest BCUT2D eigenvalue weighted by Gasteiger charge is -2.24. The first-order valence-electron chi connectivity index (χ1n) is 8.31. The minimum Gasteiger partial charge on any atom is -0.497 e. The van der Waals surface area contributed by atoms with Crippen LogP contribution in [0.25, 0.3) is 10.6 Å². The predicted octanol–water partition coefficient (Wildman–Crippen LogP) is 2.29. The number of aromatic nitrogens is 1. The van der Waals surface area contributed by atoms with Gasteiger partial charge in [-0.05, 0) is 38.1 Å². The molecular formula is C18H23N3O3S. The second-order valence-corrected chi connectivity index (χ2v) is 7.04. The summed E-state index contributed by atoms with van der Waals surface area (Å²) in [4.78, 5) is 18.1. The van der Waals surface area contributed by atoms with Crippen molar-refractivity contribution in [2.24, 2.45) is 0 Å². The van der Waals surface area contributed by atoms with Crippen LogP contribution < -0.4 is 15.4 Å². The average Bonchev–Trinajstić information content (AvgIpc) is 3.04. The lowest BCUT2D eigenvalue weighted by molar-refractivity contribution is -0.126. The smallest absolute Gasteiger partial charge is 0.240 e. The van der Waals surface area contributed by atoms with Crippen molar-refractivity contribution in [3.8, 4) is 16.3 Å². The number of benzene rings is 1. The van der Waals surface area contributed by atoms with Gasteiger partial charge in [0.1, 0.15) is 16.8 Å². The molecule has 6 nitrogen and oxygen atoms in total. The molecule has 25 heavy (non-hydrogen) atoms. The minimum atomic E-state index is -0.287. The summed E-state index contributed by atoms with van der Waals surface area (Å²) in [5.41, 5.74) is 1.98. The van der Waals surface area contributed by atoms with Crippen LogP contribution in [0.4, 0.5) is 0 Å². The molecule has 2 heterocycles. The van der Waals surface area contributed by atoms with Crippen LogP contribution in [0.2, 0.25) is 0 Å². The van der Waals surface area contributed by atoms with E-state index in [-0.39, 0.29) is 18.0 Å². The summed E-state index contributed by atoms with van der Waals surface area (Å²) in [6, 6.07) is 7.45. The van der Waals surface area contributed by atoms with E-state index in [4.69, 9.17) is 9.47 Å². The lowest BCUT2D eigenvalue weighted by Crippen LogP contribution is -2.51. The molecule has 3 rings (SSSR count). The standard InChI is InChI=1S/C18H23N3O3S/c1-11(20-17(22)15-10-24-9-8-19-15)16-12(2)21-18(25-16)13-4-6-14(23-3)7-5-13/h4-7,11,15,19H,8-10H2,1-3H3,(H,20,22). The number of morpholine rings is 1. The first-order valence-corrected chi connectivity index (χ1v) is 9.13. The molecule has 2 N–H and O–H groups in total. The fraction of sp³-hybridized carbons (Fsp3) is 0.444. The van der Waals surface area contributed by atoms with Gasteiger partial charge in [-0.15, -0.1) is 11.3 Å². The van der Waals surface area contributed by atoms with Crippen molar-refractivity contribution in [1.82, 2.24) is 15.6 Å². The van der Waals surface area contributed by atoms with E-state index < -0.39 is 0 Å². The number of nitrogens with zero attached hydrogens (tertiary/aromatic N) is 1. The number of thiazole rings is 1. The van der Waals surface area contributed by atoms with E-state index in [0.29, 0.717) is 19.8 Å². The van der Waals surface area contributed by atoms with E-state index in [1.807, 2.05) is 38.1 Å². The van der Waals surface area contributed by atoms with Crippen LogP contribution in [0, 0.1) is 6.92 Å². The number of hydrogen-bond acceptors (Lipinski definition) is 6. The van der Waals surface area contributed by atoms with Crippen molar-refractivity contribution < 1.29 is 14.3 Å². The Morgan fingerprint density at radius 1 is 1.44 bits per heavy atom. The highest BCUT2D eigenvalue weighted by Gasteiger charge is 2.24. The summed E-state index contributed by atoms with van der Waals surface area (Å²) in [6.45, 7) is 5.73. The van der Waals surface area contributed by atoms with E-state index >= 15 is 0 Å². The van der Waals surface area contributed by atoms with Crippen LogP contribution in [-0.2, 0) is 9.53 Å². The quantitative estimate of drug-likeness (QED) is 0.855. The van der Waals surface area contributed by atoms with Crippen molar-refractivity contribution in [1.29, 1.82) is 0 Å². The van der Waals surface area contributed by atoms with Crippen molar-refractivity contribution in [2.75, 3.05) is 26.9 Å². The van der Waals surface area contributed by atoms with Gasteiger partial charge in [0.25, 0.3) is 0 Å². The van der Waals surface area contributed by atoms with E-state index in [9.17, 15) is 4.79 Å². The zero-order valence-electron chi connectivity index (χ0n) is 14.7. The largest absolute Gasteiger partial charge is 0.497 e. The van der Waals surface area contributed by atoms with E-state index in [2.05, 4.69) is 15.6 Å². The van der Waals surface area contributed by atoms with Gasteiger partial charge in [0.05, 0.1) is 36.9 Å². The van der Waals surface area contributed by atoms with Crippen LogP contribution in [0.15, 0.2) is 24.3 Å². The molecule has 0 aliphatic carbocycles. The van der Waals surface area contributed by atoms with Gasteiger partial charge in [-0.3, -0.25) is 4.79 Å². The van der Waals surface area contributed by atoms with Crippen molar-refractivity contribution in [2.45, 2.75) is 25.9 Å². The van der Waals surface area contributed by atoms with Crippen LogP contribution in [0.5, 0.6) is 5.75 Å². The number of nitrogens with one attached hydrogen (secondary N) is 2. The minimum absolute atomic E-state index is 0.0361. The third kappa shape index (κ3) is 4.18. The molecule has 1 aromatic heterocycles. The molecular weight excluding hydrogens is 338 g/mol. The second kappa shape index (κ2) is 7.95. The Balaban J connectivity index is 1.71. The molecule has 1 saturated heterocycles. The number of methoxy groups -OCH3 is 1. The Morgan fingerprint density at radius 3 is 2.84 bits per heavy atom. The fourth-order valence-corrected chi connectivity index (χ4v) is 3.85. The molecule has 0 radical (unpaired) electrons. The molecule has 1 fully saturated rings. The number of aryl methyl sites for hydroxylation is 1. The average molecular weight is 361 g/mol.